The molecule has 5 nitrogen and oxygen atoms in total. The van der Waals surface area contributed by atoms with E-state index in [9.17, 15) is 13.2 Å². The molecule has 0 amide bonds. The van der Waals surface area contributed by atoms with Crippen LogP contribution in [0.5, 0.6) is 0 Å². The van der Waals surface area contributed by atoms with Crippen LogP contribution in [0.15, 0.2) is 0 Å². The first kappa shape index (κ1) is 17.4. The van der Waals surface area contributed by atoms with Crippen LogP contribution in [0, 0.1) is 5.92 Å². The number of nitrogens with one attached hydrogen (secondary N) is 1. The van der Waals surface area contributed by atoms with E-state index in [0.717, 1.165) is 25.8 Å². The maximum atomic E-state index is 12.4. The molecular formula is C14H27NO4S. The van der Waals surface area contributed by atoms with Gasteiger partial charge in [-0.2, -0.15) is 0 Å². The second-order valence-corrected chi connectivity index (χ2v) is 7.85. The second-order valence-electron chi connectivity index (χ2n) is 5.63. The molecule has 0 aliphatic heterocycles. The van der Waals surface area contributed by atoms with Crippen LogP contribution < -0.4 is 5.32 Å². The largest absolute Gasteiger partial charge is 0.465 e. The molecule has 1 saturated carbocycles. The fourth-order valence-corrected chi connectivity index (χ4v) is 4.74. The molecule has 6 heteroatoms. The summed E-state index contributed by atoms with van der Waals surface area (Å²) in [4.78, 5) is 11.5. The van der Waals surface area contributed by atoms with Crippen LogP contribution >= 0.6 is 0 Å². The van der Waals surface area contributed by atoms with Crippen LogP contribution in [0.2, 0.25) is 0 Å². The molecule has 20 heavy (non-hydrogen) atoms. The van der Waals surface area contributed by atoms with Crippen molar-refractivity contribution in [3.05, 3.63) is 0 Å². The molecule has 0 radical (unpaired) electrons. The average Bonchev–Trinajstić information content (AvgIpc) is 2.37. The van der Waals surface area contributed by atoms with Crippen molar-refractivity contribution in [1.82, 2.24) is 5.32 Å². The Bertz CT molecular complexity index is 405. The molecule has 0 saturated heterocycles. The minimum Gasteiger partial charge on any atom is -0.465 e. The van der Waals surface area contributed by atoms with E-state index in [1.165, 1.54) is 0 Å². The molecule has 3 atom stereocenters. The monoisotopic (exact) mass is 305 g/mol. The number of carbonyl (C=O) groups is 1. The third-order valence-corrected chi connectivity index (χ3v) is 5.88. The topological polar surface area (TPSA) is 72.5 Å². The molecule has 0 heterocycles. The van der Waals surface area contributed by atoms with Gasteiger partial charge in [0.2, 0.25) is 0 Å². The number of rotatable bonds is 7. The molecule has 1 rings (SSSR count). The Hall–Kier alpha value is -0.620. The minimum absolute atomic E-state index is 0.0365. The van der Waals surface area contributed by atoms with Crippen LogP contribution in [0.1, 0.15) is 46.5 Å². The van der Waals surface area contributed by atoms with Gasteiger partial charge in [-0.3, -0.25) is 4.79 Å². The van der Waals surface area contributed by atoms with Gasteiger partial charge in [-0.25, -0.2) is 8.42 Å². The SMILES string of the molecule is CCCNC1CCC(C)CC1S(=O)(=O)CC(=O)OCC. The zero-order valence-electron chi connectivity index (χ0n) is 12.7. The maximum Gasteiger partial charge on any atom is 0.321 e. The highest BCUT2D eigenvalue weighted by molar-refractivity contribution is 7.92. The van der Waals surface area contributed by atoms with Crippen molar-refractivity contribution >= 4 is 15.8 Å². The molecule has 1 fully saturated rings. The van der Waals surface area contributed by atoms with Gasteiger partial charge in [0.05, 0.1) is 11.9 Å². The fraction of sp³-hybridized carbons (Fsp3) is 0.929. The number of sulfone groups is 1. The van der Waals surface area contributed by atoms with E-state index in [0.29, 0.717) is 12.3 Å². The highest BCUT2D eigenvalue weighted by Crippen LogP contribution is 2.29. The Morgan fingerprint density at radius 1 is 1.30 bits per heavy atom. The lowest BCUT2D eigenvalue weighted by atomic mass is 9.87. The lowest BCUT2D eigenvalue weighted by molar-refractivity contribution is -0.139. The molecule has 3 unspecified atom stereocenters. The first-order chi connectivity index (χ1) is 9.40. The maximum absolute atomic E-state index is 12.4. The highest BCUT2D eigenvalue weighted by atomic mass is 32.2. The van der Waals surface area contributed by atoms with E-state index in [4.69, 9.17) is 4.74 Å². The lowest BCUT2D eigenvalue weighted by Gasteiger charge is -2.34. The van der Waals surface area contributed by atoms with Crippen LogP contribution in [0.3, 0.4) is 0 Å². The van der Waals surface area contributed by atoms with Gasteiger partial charge in [0, 0.05) is 6.04 Å². The molecule has 1 aliphatic rings. The van der Waals surface area contributed by atoms with Crippen molar-refractivity contribution in [2.24, 2.45) is 5.92 Å². The van der Waals surface area contributed by atoms with Crippen molar-refractivity contribution in [3.63, 3.8) is 0 Å². The van der Waals surface area contributed by atoms with Crippen molar-refractivity contribution in [1.29, 1.82) is 0 Å². The zero-order valence-corrected chi connectivity index (χ0v) is 13.5. The summed E-state index contributed by atoms with van der Waals surface area (Å²) >= 11 is 0. The van der Waals surface area contributed by atoms with Crippen molar-refractivity contribution in [2.75, 3.05) is 18.9 Å². The van der Waals surface area contributed by atoms with E-state index in [-0.39, 0.29) is 12.6 Å². The van der Waals surface area contributed by atoms with Gasteiger partial charge in [-0.15, -0.1) is 0 Å². The Morgan fingerprint density at radius 2 is 2.00 bits per heavy atom. The van der Waals surface area contributed by atoms with E-state index >= 15 is 0 Å². The summed E-state index contributed by atoms with van der Waals surface area (Å²) < 4.78 is 29.7. The quantitative estimate of drug-likeness (QED) is 0.722. The van der Waals surface area contributed by atoms with Crippen molar-refractivity contribution < 1.29 is 17.9 Å². The van der Waals surface area contributed by atoms with Gasteiger partial charge in [-0.1, -0.05) is 13.8 Å². The van der Waals surface area contributed by atoms with E-state index in [2.05, 4.69) is 19.2 Å². The van der Waals surface area contributed by atoms with Crippen molar-refractivity contribution in [3.8, 4) is 0 Å². The van der Waals surface area contributed by atoms with Crippen LogP contribution in [0.4, 0.5) is 0 Å². The number of hydrogen-bond acceptors (Lipinski definition) is 5. The van der Waals surface area contributed by atoms with Gasteiger partial charge in [0.25, 0.3) is 0 Å². The zero-order chi connectivity index (χ0) is 15.2. The van der Waals surface area contributed by atoms with E-state index in [1.807, 2.05) is 0 Å². The number of ether oxygens (including phenoxy) is 1. The smallest absolute Gasteiger partial charge is 0.321 e. The van der Waals surface area contributed by atoms with Crippen LogP contribution in [0.25, 0.3) is 0 Å². The third kappa shape index (κ3) is 5.05. The first-order valence-electron chi connectivity index (χ1n) is 7.51. The van der Waals surface area contributed by atoms with Crippen LogP contribution in [-0.4, -0.2) is 44.6 Å². The fourth-order valence-electron chi connectivity index (χ4n) is 2.76. The first-order valence-corrected chi connectivity index (χ1v) is 9.22. The summed E-state index contributed by atoms with van der Waals surface area (Å²) in [5.41, 5.74) is 0. The summed E-state index contributed by atoms with van der Waals surface area (Å²) in [5.74, 6) is -0.751. The minimum atomic E-state index is -3.45. The average molecular weight is 305 g/mol. The van der Waals surface area contributed by atoms with Gasteiger partial charge >= 0.3 is 5.97 Å². The van der Waals surface area contributed by atoms with E-state index in [1.54, 1.807) is 6.92 Å². The summed E-state index contributed by atoms with van der Waals surface area (Å²) in [5, 5.41) is 2.85. The van der Waals surface area contributed by atoms with E-state index < -0.39 is 26.8 Å². The summed E-state index contributed by atoms with van der Waals surface area (Å²) in [6, 6.07) is -0.0365. The highest BCUT2D eigenvalue weighted by Gasteiger charge is 2.38. The molecule has 0 bridgehead atoms. The van der Waals surface area contributed by atoms with Gasteiger partial charge in [-0.05, 0) is 45.1 Å². The summed E-state index contributed by atoms with van der Waals surface area (Å²) in [6.45, 7) is 6.83. The molecule has 118 valence electrons. The lowest BCUT2D eigenvalue weighted by Crippen LogP contribution is -2.49. The van der Waals surface area contributed by atoms with Gasteiger partial charge in [0.1, 0.15) is 5.75 Å². The Kier molecular flexibility index (Phi) is 6.95. The predicted octanol–water partition coefficient (Wildman–Crippen LogP) is 1.52. The number of carbonyl (C=O) groups excluding carboxylic acids is 1. The van der Waals surface area contributed by atoms with Gasteiger partial charge < -0.3 is 10.1 Å². The second kappa shape index (κ2) is 7.98. The Balaban J connectivity index is 2.77. The standard InChI is InChI=1S/C14H27NO4S/c1-4-8-15-12-7-6-11(3)9-13(12)20(17,18)10-14(16)19-5-2/h11-13,15H,4-10H2,1-3H3. The molecule has 0 aromatic rings. The molecule has 0 spiro atoms. The van der Waals surface area contributed by atoms with Crippen molar-refractivity contribution in [2.45, 2.75) is 57.7 Å². The summed E-state index contributed by atoms with van der Waals surface area (Å²) in [6.07, 6.45) is 3.49. The molecule has 1 N–H and O–H groups in total. The Labute approximate surface area is 122 Å². The number of esters is 1. The molecule has 0 aromatic carbocycles. The van der Waals surface area contributed by atoms with Crippen LogP contribution in [-0.2, 0) is 19.4 Å². The molecule has 1 aliphatic carbocycles. The molecule has 0 aromatic heterocycles. The molecular weight excluding hydrogens is 278 g/mol. The summed E-state index contributed by atoms with van der Waals surface area (Å²) in [7, 11) is -3.45. The normalized spacial score (nSPS) is 27.2. The predicted molar refractivity (Wildman–Crippen MR) is 79.3 cm³/mol. The van der Waals surface area contributed by atoms with Gasteiger partial charge in [0.15, 0.2) is 9.84 Å². The third-order valence-electron chi connectivity index (χ3n) is 3.80. The Morgan fingerprint density at radius 3 is 2.60 bits per heavy atom. The number of hydrogen-bond donors (Lipinski definition) is 1.